The largest absolute Gasteiger partial charge is 0.487 e. The maximum absolute atomic E-state index is 6.13. The van der Waals surface area contributed by atoms with Gasteiger partial charge in [-0.3, -0.25) is 0 Å². The molecule has 2 unspecified atom stereocenters. The van der Waals surface area contributed by atoms with Gasteiger partial charge < -0.3 is 10.1 Å². The van der Waals surface area contributed by atoms with Crippen molar-refractivity contribution in [1.82, 2.24) is 5.32 Å². The van der Waals surface area contributed by atoms with E-state index in [2.05, 4.69) is 5.32 Å². The molecule has 2 atom stereocenters. The Morgan fingerprint density at radius 2 is 1.94 bits per heavy atom. The van der Waals surface area contributed by atoms with Gasteiger partial charge in [0, 0.05) is 6.04 Å². The molecule has 0 saturated heterocycles. The molecule has 3 heteroatoms. The normalized spacial score (nSPS) is 25.3. The summed E-state index contributed by atoms with van der Waals surface area (Å²) in [6.07, 6.45) is 6.37. The number of rotatable bonds is 3. The molecule has 0 heterocycles. The zero-order valence-corrected chi connectivity index (χ0v) is 11.0. The van der Waals surface area contributed by atoms with E-state index in [9.17, 15) is 0 Å². The first-order valence-corrected chi connectivity index (χ1v) is 6.77. The molecule has 1 aliphatic rings. The van der Waals surface area contributed by atoms with Crippen LogP contribution in [0.15, 0.2) is 24.3 Å². The lowest BCUT2D eigenvalue weighted by molar-refractivity contribution is 0.149. The summed E-state index contributed by atoms with van der Waals surface area (Å²) in [4.78, 5) is 0. The van der Waals surface area contributed by atoms with Crippen LogP contribution in [0.5, 0.6) is 5.75 Å². The van der Waals surface area contributed by atoms with Crippen molar-refractivity contribution in [3.63, 3.8) is 0 Å². The first-order chi connectivity index (χ1) is 8.31. The molecule has 0 radical (unpaired) electrons. The number of para-hydroxylation sites is 1. The molecule has 0 amide bonds. The fourth-order valence-electron chi connectivity index (χ4n) is 2.45. The number of likely N-dealkylation sites (N-methyl/N-ethyl adjacent to an activating group) is 1. The van der Waals surface area contributed by atoms with Crippen LogP contribution in [0.25, 0.3) is 0 Å². The first kappa shape index (κ1) is 12.7. The third-order valence-corrected chi connectivity index (χ3v) is 3.75. The van der Waals surface area contributed by atoms with Gasteiger partial charge in [-0.1, -0.05) is 36.6 Å². The van der Waals surface area contributed by atoms with Crippen molar-refractivity contribution in [2.24, 2.45) is 0 Å². The SMILES string of the molecule is CNC1CCCCCC1Oc1ccccc1Cl. The zero-order chi connectivity index (χ0) is 12.1. The van der Waals surface area contributed by atoms with E-state index in [0.717, 1.165) is 12.2 Å². The molecule has 94 valence electrons. The number of hydrogen-bond donors (Lipinski definition) is 1. The van der Waals surface area contributed by atoms with Crippen molar-refractivity contribution in [2.75, 3.05) is 7.05 Å². The summed E-state index contributed by atoms with van der Waals surface area (Å²) in [7, 11) is 2.01. The van der Waals surface area contributed by atoms with Crippen LogP contribution in [0.1, 0.15) is 32.1 Å². The smallest absolute Gasteiger partial charge is 0.138 e. The van der Waals surface area contributed by atoms with Crippen molar-refractivity contribution < 1.29 is 4.74 Å². The molecule has 2 nitrogen and oxygen atoms in total. The van der Waals surface area contributed by atoms with Crippen molar-refractivity contribution in [3.05, 3.63) is 29.3 Å². The summed E-state index contributed by atoms with van der Waals surface area (Å²) < 4.78 is 6.08. The monoisotopic (exact) mass is 253 g/mol. The molecule has 1 N–H and O–H groups in total. The van der Waals surface area contributed by atoms with Crippen LogP contribution in [0.2, 0.25) is 5.02 Å². The van der Waals surface area contributed by atoms with Crippen LogP contribution in [0.4, 0.5) is 0 Å². The quantitative estimate of drug-likeness (QED) is 0.831. The summed E-state index contributed by atoms with van der Waals surface area (Å²) in [6.45, 7) is 0. The fraction of sp³-hybridized carbons (Fsp3) is 0.571. The Kier molecular flexibility index (Phi) is 4.69. The second kappa shape index (κ2) is 6.27. The number of benzene rings is 1. The average Bonchev–Trinajstić information content (AvgIpc) is 2.57. The van der Waals surface area contributed by atoms with Crippen LogP contribution >= 0.6 is 11.6 Å². The van der Waals surface area contributed by atoms with Crippen LogP contribution in [-0.2, 0) is 0 Å². The van der Waals surface area contributed by atoms with Gasteiger partial charge in [-0.25, -0.2) is 0 Å². The van der Waals surface area contributed by atoms with Crippen LogP contribution in [-0.4, -0.2) is 19.2 Å². The minimum Gasteiger partial charge on any atom is -0.487 e. The summed E-state index contributed by atoms with van der Waals surface area (Å²) in [5.41, 5.74) is 0. The van der Waals surface area contributed by atoms with E-state index in [1.54, 1.807) is 0 Å². The lowest BCUT2D eigenvalue weighted by Crippen LogP contribution is -2.40. The maximum atomic E-state index is 6.13. The van der Waals surface area contributed by atoms with Crippen molar-refractivity contribution in [1.29, 1.82) is 0 Å². The highest BCUT2D eigenvalue weighted by Gasteiger charge is 2.24. The topological polar surface area (TPSA) is 21.3 Å². The predicted molar refractivity (Wildman–Crippen MR) is 71.8 cm³/mol. The van der Waals surface area contributed by atoms with Gasteiger partial charge in [-0.15, -0.1) is 0 Å². The average molecular weight is 254 g/mol. The van der Waals surface area contributed by atoms with Gasteiger partial charge >= 0.3 is 0 Å². The minimum absolute atomic E-state index is 0.238. The molecule has 1 fully saturated rings. The van der Waals surface area contributed by atoms with E-state index in [0.29, 0.717) is 11.1 Å². The first-order valence-electron chi connectivity index (χ1n) is 6.39. The van der Waals surface area contributed by atoms with Gasteiger partial charge in [0.05, 0.1) is 5.02 Å². The molecule has 1 aromatic carbocycles. The van der Waals surface area contributed by atoms with Crippen LogP contribution < -0.4 is 10.1 Å². The lowest BCUT2D eigenvalue weighted by Gasteiger charge is -2.26. The van der Waals surface area contributed by atoms with Crippen molar-refractivity contribution in [2.45, 2.75) is 44.2 Å². The molecule has 0 aliphatic heterocycles. The Labute approximate surface area is 108 Å². The van der Waals surface area contributed by atoms with Gasteiger partial charge in [0.1, 0.15) is 11.9 Å². The fourth-order valence-corrected chi connectivity index (χ4v) is 2.63. The Bertz CT molecular complexity index is 356. The van der Waals surface area contributed by atoms with E-state index >= 15 is 0 Å². The molecule has 17 heavy (non-hydrogen) atoms. The summed E-state index contributed by atoms with van der Waals surface area (Å²) >= 11 is 6.13. The Balaban J connectivity index is 2.07. The highest BCUT2D eigenvalue weighted by Crippen LogP contribution is 2.28. The Hall–Kier alpha value is -0.730. The standard InChI is InChI=1S/C14H20ClNO/c1-16-12-8-3-2-4-10-14(12)17-13-9-6-5-7-11(13)15/h5-7,9,12,14,16H,2-4,8,10H2,1H3. The third kappa shape index (κ3) is 3.36. The van der Waals surface area contributed by atoms with E-state index < -0.39 is 0 Å². The Morgan fingerprint density at radius 1 is 1.18 bits per heavy atom. The second-order valence-electron chi connectivity index (χ2n) is 4.62. The Morgan fingerprint density at radius 3 is 2.71 bits per heavy atom. The van der Waals surface area contributed by atoms with Crippen molar-refractivity contribution >= 4 is 11.6 Å². The van der Waals surface area contributed by atoms with E-state index in [4.69, 9.17) is 16.3 Å². The number of halogens is 1. The molecule has 0 spiro atoms. The van der Waals surface area contributed by atoms with Gasteiger partial charge in [0.2, 0.25) is 0 Å². The highest BCUT2D eigenvalue weighted by atomic mass is 35.5. The molecule has 1 saturated carbocycles. The summed E-state index contributed by atoms with van der Waals surface area (Å²) in [6, 6.07) is 8.15. The summed E-state index contributed by atoms with van der Waals surface area (Å²) in [5, 5.41) is 4.07. The van der Waals surface area contributed by atoms with E-state index in [1.807, 2.05) is 31.3 Å². The minimum atomic E-state index is 0.238. The van der Waals surface area contributed by atoms with E-state index in [-0.39, 0.29) is 6.10 Å². The molecule has 2 rings (SSSR count). The molecular formula is C14H20ClNO. The van der Waals surface area contributed by atoms with Gasteiger partial charge in [0.25, 0.3) is 0 Å². The molecule has 1 aliphatic carbocycles. The molecule has 0 aromatic heterocycles. The maximum Gasteiger partial charge on any atom is 0.138 e. The third-order valence-electron chi connectivity index (χ3n) is 3.44. The highest BCUT2D eigenvalue weighted by molar-refractivity contribution is 6.32. The van der Waals surface area contributed by atoms with Gasteiger partial charge in [0.15, 0.2) is 0 Å². The molecule has 1 aromatic rings. The molecule has 0 bridgehead atoms. The number of hydrogen-bond acceptors (Lipinski definition) is 2. The number of nitrogens with one attached hydrogen (secondary N) is 1. The molecular weight excluding hydrogens is 234 g/mol. The second-order valence-corrected chi connectivity index (χ2v) is 5.03. The van der Waals surface area contributed by atoms with Gasteiger partial charge in [-0.2, -0.15) is 0 Å². The van der Waals surface area contributed by atoms with E-state index in [1.165, 1.54) is 25.7 Å². The zero-order valence-electron chi connectivity index (χ0n) is 10.3. The van der Waals surface area contributed by atoms with Crippen LogP contribution in [0, 0.1) is 0 Å². The number of ether oxygens (including phenoxy) is 1. The predicted octanol–water partition coefficient (Wildman–Crippen LogP) is 3.64. The summed E-state index contributed by atoms with van der Waals surface area (Å²) in [5.74, 6) is 0.807. The van der Waals surface area contributed by atoms with Gasteiger partial charge in [-0.05, 0) is 38.4 Å². The lowest BCUT2D eigenvalue weighted by atomic mass is 10.1. The van der Waals surface area contributed by atoms with Crippen molar-refractivity contribution in [3.8, 4) is 5.75 Å². The van der Waals surface area contributed by atoms with Crippen LogP contribution in [0.3, 0.4) is 0 Å².